The van der Waals surface area contributed by atoms with Crippen molar-refractivity contribution in [2.24, 2.45) is 5.92 Å². The zero-order valence-corrected chi connectivity index (χ0v) is 22.3. The van der Waals surface area contributed by atoms with Gasteiger partial charge in [0.25, 0.3) is 0 Å². The lowest BCUT2D eigenvalue weighted by molar-refractivity contribution is -0.145. The van der Waals surface area contributed by atoms with Crippen molar-refractivity contribution in [1.29, 1.82) is 0 Å². The Balaban J connectivity index is 2.15. The van der Waals surface area contributed by atoms with Crippen LogP contribution in [0.1, 0.15) is 39.7 Å². The molecule has 2 amide bonds. The van der Waals surface area contributed by atoms with Crippen molar-refractivity contribution in [3.8, 4) is 0 Å². The van der Waals surface area contributed by atoms with E-state index in [4.69, 9.17) is 14.2 Å². The van der Waals surface area contributed by atoms with Gasteiger partial charge in [-0.2, -0.15) is 8.78 Å². The number of rotatable bonds is 15. The highest BCUT2D eigenvalue weighted by atomic mass is 19.3. The molecule has 0 unspecified atom stereocenters. The van der Waals surface area contributed by atoms with E-state index in [1.807, 2.05) is 18.2 Å². The summed E-state index contributed by atoms with van der Waals surface area (Å²) in [7, 11) is 1.33. The molecule has 212 valence electrons. The van der Waals surface area contributed by atoms with Crippen LogP contribution in [0.3, 0.4) is 0 Å². The van der Waals surface area contributed by atoms with Crippen LogP contribution in [0.2, 0.25) is 0 Å². The van der Waals surface area contributed by atoms with Crippen LogP contribution in [0, 0.1) is 5.92 Å². The van der Waals surface area contributed by atoms with Crippen molar-refractivity contribution in [1.82, 2.24) is 10.6 Å². The van der Waals surface area contributed by atoms with Crippen LogP contribution in [0.5, 0.6) is 0 Å². The van der Waals surface area contributed by atoms with Gasteiger partial charge in [0, 0.05) is 13.5 Å². The number of Topliss-reactive ketones (excluding diaryl/α,β-unsaturated/α-hetero) is 2. The summed E-state index contributed by atoms with van der Waals surface area (Å²) in [5.74, 6) is -2.80. The standard InChI is InChI=1S/C26H36F2N2O8/c1-25(2,3)38-24(34)30-19(14-36-23(27)28)20(31)12-17(13-35-5)22(33)29-18(21(32)26(4)15-37-26)11-16-9-7-6-8-10-16/h6-10,17-19,23H,11-15H2,1-5H3,(H,29,33)(H,30,34)/t17-,18-,19-,26+/m0/s1. The number of hydrogen-bond donors (Lipinski definition) is 2. The highest BCUT2D eigenvalue weighted by Crippen LogP contribution is 2.29. The number of alkyl halides is 2. The van der Waals surface area contributed by atoms with E-state index in [1.54, 1.807) is 39.8 Å². The van der Waals surface area contributed by atoms with Gasteiger partial charge in [-0.3, -0.25) is 14.4 Å². The third kappa shape index (κ3) is 10.4. The zero-order valence-electron chi connectivity index (χ0n) is 22.3. The molecule has 0 aromatic heterocycles. The third-order valence-corrected chi connectivity index (χ3v) is 5.67. The summed E-state index contributed by atoms with van der Waals surface area (Å²) < 4.78 is 45.1. The molecule has 12 heteroatoms. The zero-order chi connectivity index (χ0) is 28.5. The molecule has 1 aromatic rings. The average molecular weight is 543 g/mol. The highest BCUT2D eigenvalue weighted by Gasteiger charge is 2.50. The quantitative estimate of drug-likeness (QED) is 0.323. The number of halogens is 2. The molecule has 0 spiro atoms. The fourth-order valence-electron chi connectivity index (χ4n) is 3.62. The minimum Gasteiger partial charge on any atom is -0.444 e. The fraction of sp³-hybridized carbons (Fsp3) is 0.615. The van der Waals surface area contributed by atoms with Gasteiger partial charge in [0.1, 0.15) is 17.2 Å². The summed E-state index contributed by atoms with van der Waals surface area (Å²) in [5.41, 5.74) is -1.10. The number of carbonyl (C=O) groups is 4. The molecule has 1 aromatic carbocycles. The summed E-state index contributed by atoms with van der Waals surface area (Å²) in [4.78, 5) is 51.5. The molecule has 1 fully saturated rings. The summed E-state index contributed by atoms with van der Waals surface area (Å²) in [6, 6.07) is 6.61. The summed E-state index contributed by atoms with van der Waals surface area (Å²) >= 11 is 0. The number of carbonyl (C=O) groups excluding carboxylic acids is 4. The molecule has 10 nitrogen and oxygen atoms in total. The average Bonchev–Trinajstić information content (AvgIpc) is 3.58. The SMILES string of the molecule is COC[C@H](CC(=O)[C@H](COC(F)F)NC(=O)OC(C)(C)C)C(=O)N[C@@H](Cc1ccccc1)C(=O)[C@@]1(C)CO1. The lowest BCUT2D eigenvalue weighted by atomic mass is 9.93. The van der Waals surface area contributed by atoms with Crippen molar-refractivity contribution >= 4 is 23.6 Å². The molecular weight excluding hydrogens is 506 g/mol. The van der Waals surface area contributed by atoms with Gasteiger partial charge in [-0.05, 0) is 39.7 Å². The van der Waals surface area contributed by atoms with Crippen molar-refractivity contribution in [2.75, 3.05) is 26.9 Å². The minimum atomic E-state index is -3.18. The van der Waals surface area contributed by atoms with Crippen molar-refractivity contribution < 1.29 is 46.9 Å². The fourth-order valence-corrected chi connectivity index (χ4v) is 3.62. The first kappa shape index (κ1) is 31.3. The third-order valence-electron chi connectivity index (χ3n) is 5.67. The molecule has 38 heavy (non-hydrogen) atoms. The predicted molar refractivity (Wildman–Crippen MR) is 132 cm³/mol. The Labute approximate surface area is 220 Å². The van der Waals surface area contributed by atoms with E-state index in [-0.39, 0.29) is 25.4 Å². The number of epoxide rings is 1. The first-order valence-electron chi connectivity index (χ1n) is 12.2. The molecule has 0 aliphatic carbocycles. The molecule has 2 rings (SSSR count). The maximum atomic E-state index is 13.2. The van der Waals surface area contributed by atoms with Crippen molar-refractivity contribution in [3.05, 3.63) is 35.9 Å². The Morgan fingerprint density at radius 3 is 2.21 bits per heavy atom. The number of amides is 2. The van der Waals surface area contributed by atoms with Crippen LogP contribution in [-0.4, -0.2) is 80.4 Å². The Kier molecular flexibility index (Phi) is 11.3. The van der Waals surface area contributed by atoms with Gasteiger partial charge in [0.2, 0.25) is 5.91 Å². The smallest absolute Gasteiger partial charge is 0.408 e. The Hall–Kier alpha value is -2.96. The van der Waals surface area contributed by atoms with Crippen LogP contribution < -0.4 is 10.6 Å². The van der Waals surface area contributed by atoms with Gasteiger partial charge >= 0.3 is 12.7 Å². The van der Waals surface area contributed by atoms with Gasteiger partial charge in [0.05, 0.1) is 31.8 Å². The predicted octanol–water partition coefficient (Wildman–Crippen LogP) is 2.43. The number of ketones is 2. The number of benzene rings is 1. The Morgan fingerprint density at radius 2 is 1.68 bits per heavy atom. The molecule has 1 saturated heterocycles. The summed E-state index contributed by atoms with van der Waals surface area (Å²) in [5, 5.41) is 4.92. The van der Waals surface area contributed by atoms with E-state index >= 15 is 0 Å². The first-order valence-corrected chi connectivity index (χ1v) is 12.2. The lowest BCUT2D eigenvalue weighted by Crippen LogP contribution is -2.51. The monoisotopic (exact) mass is 542 g/mol. The van der Waals surface area contributed by atoms with Crippen molar-refractivity contribution in [2.45, 2.75) is 70.4 Å². The van der Waals surface area contributed by atoms with Crippen LogP contribution >= 0.6 is 0 Å². The number of methoxy groups -OCH3 is 1. The number of ether oxygens (including phenoxy) is 4. The molecule has 0 radical (unpaired) electrons. The number of hydrogen-bond acceptors (Lipinski definition) is 8. The summed E-state index contributed by atoms with van der Waals surface area (Å²) in [6.45, 7) is 2.43. The maximum absolute atomic E-state index is 13.2. The second kappa shape index (κ2) is 13.7. The second-order valence-electron chi connectivity index (χ2n) is 10.3. The first-order chi connectivity index (χ1) is 17.7. The van der Waals surface area contributed by atoms with Crippen molar-refractivity contribution in [3.63, 3.8) is 0 Å². The molecule has 2 N–H and O–H groups in total. The topological polar surface area (TPSA) is 133 Å². The van der Waals surface area contributed by atoms with E-state index < -0.39 is 66.6 Å². The van der Waals surface area contributed by atoms with Gasteiger partial charge in [-0.25, -0.2) is 4.79 Å². The highest BCUT2D eigenvalue weighted by molar-refractivity contribution is 5.98. The number of alkyl carbamates (subject to hydrolysis) is 1. The van der Waals surface area contributed by atoms with E-state index in [9.17, 15) is 28.0 Å². The Morgan fingerprint density at radius 1 is 1.05 bits per heavy atom. The molecule has 0 bridgehead atoms. The molecule has 4 atom stereocenters. The van der Waals surface area contributed by atoms with Gasteiger partial charge in [0.15, 0.2) is 11.6 Å². The van der Waals surface area contributed by atoms with Gasteiger partial charge in [-0.15, -0.1) is 0 Å². The summed E-state index contributed by atoms with van der Waals surface area (Å²) in [6.07, 6.45) is -1.29. The normalized spacial score (nSPS) is 19.3. The molecule has 1 heterocycles. The molecular formula is C26H36F2N2O8. The van der Waals surface area contributed by atoms with Gasteiger partial charge < -0.3 is 29.6 Å². The second-order valence-corrected chi connectivity index (χ2v) is 10.3. The van der Waals surface area contributed by atoms with Gasteiger partial charge in [-0.1, -0.05) is 30.3 Å². The van der Waals surface area contributed by atoms with E-state index in [0.717, 1.165) is 5.56 Å². The van der Waals surface area contributed by atoms with Crippen LogP contribution in [0.4, 0.5) is 13.6 Å². The Bertz CT molecular complexity index is 964. The minimum absolute atomic E-state index is 0.197. The maximum Gasteiger partial charge on any atom is 0.408 e. The van der Waals surface area contributed by atoms with E-state index in [1.165, 1.54) is 7.11 Å². The molecule has 0 saturated carbocycles. The van der Waals surface area contributed by atoms with Crippen LogP contribution in [0.25, 0.3) is 0 Å². The van der Waals surface area contributed by atoms with E-state index in [0.29, 0.717) is 0 Å². The number of nitrogens with one attached hydrogen (secondary N) is 2. The van der Waals surface area contributed by atoms with Crippen LogP contribution in [-0.2, 0) is 39.8 Å². The van der Waals surface area contributed by atoms with E-state index in [2.05, 4.69) is 15.4 Å². The molecule has 1 aliphatic heterocycles. The molecule has 1 aliphatic rings. The largest absolute Gasteiger partial charge is 0.444 e. The lowest BCUT2D eigenvalue weighted by Gasteiger charge is -2.25. The van der Waals surface area contributed by atoms with Crippen LogP contribution in [0.15, 0.2) is 30.3 Å².